The number of hydrogen-bond donors (Lipinski definition) is 2. The highest BCUT2D eigenvalue weighted by Crippen LogP contribution is 2.23. The van der Waals surface area contributed by atoms with Crippen molar-refractivity contribution in [3.63, 3.8) is 0 Å². The fourth-order valence-corrected chi connectivity index (χ4v) is 3.10. The fourth-order valence-electron chi connectivity index (χ4n) is 2.86. The maximum Gasteiger partial charge on any atom is 0.171 e. The zero-order valence-electron chi connectivity index (χ0n) is 15.6. The van der Waals surface area contributed by atoms with E-state index >= 15 is 0 Å². The molecule has 27 heavy (non-hydrogen) atoms. The number of nitrogens with one attached hydrogen (secondary N) is 2. The van der Waals surface area contributed by atoms with Crippen LogP contribution in [0.3, 0.4) is 0 Å². The van der Waals surface area contributed by atoms with Gasteiger partial charge in [-0.1, -0.05) is 60.2 Å². The lowest BCUT2D eigenvalue weighted by Gasteiger charge is -2.22. The minimum Gasteiger partial charge on any atom is -0.494 e. The highest BCUT2D eigenvalue weighted by Gasteiger charge is 2.15. The van der Waals surface area contributed by atoms with Gasteiger partial charge in [0.1, 0.15) is 5.75 Å². The summed E-state index contributed by atoms with van der Waals surface area (Å²) in [6.07, 6.45) is 0. The van der Waals surface area contributed by atoms with E-state index in [9.17, 15) is 0 Å². The molecule has 3 rings (SSSR count). The molecule has 0 heterocycles. The molecular formula is C23H24N2OS. The third-order valence-electron chi connectivity index (χ3n) is 4.24. The van der Waals surface area contributed by atoms with Gasteiger partial charge in [0.25, 0.3) is 0 Å². The number of benzene rings is 3. The normalized spacial score (nSPS) is 11.5. The summed E-state index contributed by atoms with van der Waals surface area (Å²) in [7, 11) is 0. The van der Waals surface area contributed by atoms with Crippen molar-refractivity contribution in [1.29, 1.82) is 0 Å². The Balaban J connectivity index is 1.75. The van der Waals surface area contributed by atoms with Gasteiger partial charge < -0.3 is 15.4 Å². The van der Waals surface area contributed by atoms with Crippen LogP contribution in [0.4, 0.5) is 5.69 Å². The SMILES string of the molecule is CCOc1ccc(NC(=S)N[C@@H](c2ccccc2)c2ccc(C)cc2)cc1. The summed E-state index contributed by atoms with van der Waals surface area (Å²) in [6, 6.07) is 26.6. The van der Waals surface area contributed by atoms with E-state index in [-0.39, 0.29) is 6.04 Å². The van der Waals surface area contributed by atoms with E-state index in [4.69, 9.17) is 17.0 Å². The maximum atomic E-state index is 5.57. The van der Waals surface area contributed by atoms with Crippen LogP contribution in [-0.4, -0.2) is 11.7 Å². The molecule has 3 aromatic rings. The smallest absolute Gasteiger partial charge is 0.171 e. The van der Waals surface area contributed by atoms with Gasteiger partial charge in [0.05, 0.1) is 12.6 Å². The zero-order valence-corrected chi connectivity index (χ0v) is 16.4. The average molecular weight is 377 g/mol. The Morgan fingerprint density at radius 3 is 2.15 bits per heavy atom. The predicted molar refractivity (Wildman–Crippen MR) is 116 cm³/mol. The van der Waals surface area contributed by atoms with Crippen LogP contribution in [-0.2, 0) is 0 Å². The van der Waals surface area contributed by atoms with E-state index in [0.29, 0.717) is 11.7 Å². The first-order chi connectivity index (χ1) is 13.2. The first kappa shape index (κ1) is 18.9. The summed E-state index contributed by atoms with van der Waals surface area (Å²) in [5.41, 5.74) is 4.49. The highest BCUT2D eigenvalue weighted by molar-refractivity contribution is 7.80. The minimum atomic E-state index is -0.0190. The molecule has 0 spiro atoms. The lowest BCUT2D eigenvalue weighted by atomic mass is 9.98. The predicted octanol–water partition coefficient (Wildman–Crippen LogP) is 5.47. The lowest BCUT2D eigenvalue weighted by Crippen LogP contribution is -2.33. The minimum absolute atomic E-state index is 0.0190. The molecule has 0 unspecified atom stereocenters. The van der Waals surface area contributed by atoms with Crippen molar-refractivity contribution in [2.45, 2.75) is 19.9 Å². The van der Waals surface area contributed by atoms with Gasteiger partial charge in [0.2, 0.25) is 0 Å². The Labute approximate surface area is 166 Å². The molecule has 0 aromatic heterocycles. The van der Waals surface area contributed by atoms with Gasteiger partial charge in [-0.15, -0.1) is 0 Å². The molecule has 138 valence electrons. The molecular weight excluding hydrogens is 352 g/mol. The Hall–Kier alpha value is -2.85. The van der Waals surface area contributed by atoms with Crippen LogP contribution < -0.4 is 15.4 Å². The summed E-state index contributed by atoms with van der Waals surface area (Å²) in [6.45, 7) is 4.72. The lowest BCUT2D eigenvalue weighted by molar-refractivity contribution is 0.340. The molecule has 3 aromatic carbocycles. The van der Waals surface area contributed by atoms with Crippen molar-refractivity contribution in [2.24, 2.45) is 0 Å². The zero-order chi connectivity index (χ0) is 19.1. The molecule has 1 atom stereocenters. The van der Waals surface area contributed by atoms with Crippen molar-refractivity contribution in [2.75, 3.05) is 11.9 Å². The van der Waals surface area contributed by atoms with Crippen molar-refractivity contribution in [1.82, 2.24) is 5.32 Å². The van der Waals surface area contributed by atoms with Crippen molar-refractivity contribution >= 4 is 23.0 Å². The van der Waals surface area contributed by atoms with Crippen LogP contribution in [0.15, 0.2) is 78.9 Å². The Morgan fingerprint density at radius 2 is 1.52 bits per heavy atom. The second-order valence-corrected chi connectivity index (χ2v) is 6.72. The summed E-state index contributed by atoms with van der Waals surface area (Å²) in [4.78, 5) is 0. The number of anilines is 1. The summed E-state index contributed by atoms with van der Waals surface area (Å²) in [5, 5.41) is 7.28. The number of ether oxygens (including phenoxy) is 1. The maximum absolute atomic E-state index is 5.57. The van der Waals surface area contributed by atoms with Crippen molar-refractivity contribution in [3.05, 3.63) is 95.6 Å². The van der Waals surface area contributed by atoms with E-state index in [0.717, 1.165) is 17.0 Å². The molecule has 0 amide bonds. The highest BCUT2D eigenvalue weighted by atomic mass is 32.1. The molecule has 2 N–H and O–H groups in total. The largest absolute Gasteiger partial charge is 0.494 e. The van der Waals surface area contributed by atoms with E-state index in [1.165, 1.54) is 11.1 Å². The molecule has 0 aliphatic carbocycles. The Morgan fingerprint density at radius 1 is 0.889 bits per heavy atom. The molecule has 0 radical (unpaired) electrons. The van der Waals surface area contributed by atoms with Crippen LogP contribution in [0.5, 0.6) is 5.75 Å². The fraction of sp³-hybridized carbons (Fsp3) is 0.174. The third kappa shape index (κ3) is 5.31. The van der Waals surface area contributed by atoms with E-state index in [2.05, 4.69) is 54.0 Å². The second kappa shape index (κ2) is 9.19. The van der Waals surface area contributed by atoms with Gasteiger partial charge in [-0.2, -0.15) is 0 Å². The van der Waals surface area contributed by atoms with Crippen LogP contribution in [0.1, 0.15) is 29.7 Å². The third-order valence-corrected chi connectivity index (χ3v) is 4.46. The molecule has 0 fully saturated rings. The Bertz CT molecular complexity index is 861. The standard InChI is InChI=1S/C23H24N2OS/c1-3-26-21-15-13-20(14-16-21)24-23(27)25-22(18-7-5-4-6-8-18)19-11-9-17(2)10-12-19/h4-16,22H,3H2,1-2H3,(H2,24,25,27)/t22-/m0/s1. The molecule has 0 saturated carbocycles. The number of aryl methyl sites for hydroxylation is 1. The van der Waals surface area contributed by atoms with Crippen LogP contribution >= 0.6 is 12.2 Å². The van der Waals surface area contributed by atoms with Gasteiger partial charge in [-0.3, -0.25) is 0 Å². The monoisotopic (exact) mass is 376 g/mol. The summed E-state index contributed by atoms with van der Waals surface area (Å²) in [5.74, 6) is 0.851. The molecule has 0 aliphatic heterocycles. The van der Waals surface area contributed by atoms with Gasteiger partial charge in [-0.05, 0) is 61.5 Å². The first-order valence-corrected chi connectivity index (χ1v) is 9.48. The number of hydrogen-bond acceptors (Lipinski definition) is 2. The van der Waals surface area contributed by atoms with E-state index in [1.807, 2.05) is 49.4 Å². The number of rotatable bonds is 6. The van der Waals surface area contributed by atoms with Crippen molar-refractivity contribution in [3.8, 4) is 5.75 Å². The average Bonchev–Trinajstić information content (AvgIpc) is 2.69. The molecule has 3 nitrogen and oxygen atoms in total. The van der Waals surface area contributed by atoms with Crippen LogP contribution in [0.25, 0.3) is 0 Å². The molecule has 0 bridgehead atoms. The van der Waals surface area contributed by atoms with Crippen LogP contribution in [0, 0.1) is 6.92 Å². The second-order valence-electron chi connectivity index (χ2n) is 6.31. The van der Waals surface area contributed by atoms with E-state index in [1.54, 1.807) is 0 Å². The summed E-state index contributed by atoms with van der Waals surface area (Å²) < 4.78 is 5.48. The molecule has 0 aliphatic rings. The Kier molecular flexibility index (Phi) is 6.44. The first-order valence-electron chi connectivity index (χ1n) is 9.07. The molecule has 4 heteroatoms. The van der Waals surface area contributed by atoms with Crippen molar-refractivity contribution < 1.29 is 4.74 Å². The van der Waals surface area contributed by atoms with Gasteiger partial charge in [-0.25, -0.2) is 0 Å². The van der Waals surface area contributed by atoms with Gasteiger partial charge in [0.15, 0.2) is 5.11 Å². The van der Waals surface area contributed by atoms with Gasteiger partial charge in [0, 0.05) is 5.69 Å². The van der Waals surface area contributed by atoms with E-state index < -0.39 is 0 Å². The van der Waals surface area contributed by atoms with Crippen LogP contribution in [0.2, 0.25) is 0 Å². The number of thiocarbonyl (C=S) groups is 1. The quantitative estimate of drug-likeness (QED) is 0.559. The van der Waals surface area contributed by atoms with Gasteiger partial charge >= 0.3 is 0 Å². The molecule has 0 saturated heterocycles. The topological polar surface area (TPSA) is 33.3 Å². The summed E-state index contributed by atoms with van der Waals surface area (Å²) >= 11 is 5.57.